The third-order valence-corrected chi connectivity index (χ3v) is 13.1. The maximum atomic E-state index is 2.57. The topological polar surface area (TPSA) is 6.48 Å². The molecule has 2 heteroatoms. The molecule has 0 heterocycles. The molecule has 60 heavy (non-hydrogen) atoms. The molecule has 0 N–H and O–H groups in total. The Morgan fingerprint density at radius 2 is 1.35 bits per heavy atom. The molecule has 0 radical (unpaired) electrons. The average Bonchev–Trinajstić information content (AvgIpc) is 3.24. The normalized spacial score (nSPS) is 21.7. The van der Waals surface area contributed by atoms with Crippen molar-refractivity contribution in [2.45, 2.75) is 112 Å². The van der Waals surface area contributed by atoms with E-state index in [0.29, 0.717) is 11.8 Å². The van der Waals surface area contributed by atoms with Crippen molar-refractivity contribution in [2.75, 3.05) is 9.80 Å². The van der Waals surface area contributed by atoms with E-state index in [1.807, 2.05) is 0 Å². The Balaban J connectivity index is 1.14. The van der Waals surface area contributed by atoms with Crippen molar-refractivity contribution in [1.82, 2.24) is 0 Å². The van der Waals surface area contributed by atoms with Crippen LogP contribution < -0.4 is 9.80 Å². The SMILES string of the molecule is CC1=CC(N(c2ccc(C3=CC=CCC3)cc2)c2ccc(C(C)(C)C)cc2)CC(c2cc(C)cc(N(C3=CCC(C4=CCCC=C4)C=C3)C3=CCC(C(C)(C)C)C=C3)c2)=C1. The molecule has 0 spiro atoms. The lowest BCUT2D eigenvalue weighted by Crippen LogP contribution is -2.31. The molecule has 3 unspecified atom stereocenters. The van der Waals surface area contributed by atoms with Crippen LogP contribution in [0.4, 0.5) is 17.1 Å². The third kappa shape index (κ3) is 9.34. The van der Waals surface area contributed by atoms with Crippen LogP contribution in [-0.4, -0.2) is 6.04 Å². The van der Waals surface area contributed by atoms with Crippen molar-refractivity contribution in [3.8, 4) is 0 Å². The Labute approximate surface area is 362 Å². The minimum atomic E-state index is 0.0917. The fraction of sp³-hybridized carbons (Fsp3) is 0.345. The van der Waals surface area contributed by atoms with Gasteiger partial charge >= 0.3 is 0 Å². The summed E-state index contributed by atoms with van der Waals surface area (Å²) in [6.45, 7) is 18.5. The van der Waals surface area contributed by atoms with Crippen LogP contribution in [0.15, 0.2) is 174 Å². The van der Waals surface area contributed by atoms with E-state index in [9.17, 15) is 0 Å². The van der Waals surface area contributed by atoms with Crippen molar-refractivity contribution in [2.24, 2.45) is 17.3 Å². The van der Waals surface area contributed by atoms with Crippen molar-refractivity contribution in [3.05, 3.63) is 197 Å². The summed E-state index contributed by atoms with van der Waals surface area (Å²) < 4.78 is 0. The van der Waals surface area contributed by atoms with Crippen LogP contribution in [-0.2, 0) is 5.41 Å². The summed E-state index contributed by atoms with van der Waals surface area (Å²) in [7, 11) is 0. The van der Waals surface area contributed by atoms with Gasteiger partial charge in [-0.05, 0) is 163 Å². The maximum absolute atomic E-state index is 2.57. The molecular weight excluding hydrogens is 725 g/mol. The van der Waals surface area contributed by atoms with Gasteiger partial charge in [-0.3, -0.25) is 0 Å². The van der Waals surface area contributed by atoms with Crippen LogP contribution in [0.3, 0.4) is 0 Å². The number of nitrogens with zero attached hydrogens (tertiary/aromatic N) is 2. The Hall–Kier alpha value is -5.34. The van der Waals surface area contributed by atoms with E-state index in [1.54, 1.807) is 0 Å². The van der Waals surface area contributed by atoms with Crippen LogP contribution in [0, 0.1) is 24.2 Å². The summed E-state index contributed by atoms with van der Waals surface area (Å²) in [4.78, 5) is 5.09. The van der Waals surface area contributed by atoms with E-state index in [-0.39, 0.29) is 16.9 Å². The monoisotopic (exact) mass is 791 g/mol. The van der Waals surface area contributed by atoms with Crippen LogP contribution >= 0.6 is 0 Å². The van der Waals surface area contributed by atoms with Crippen molar-refractivity contribution in [1.29, 1.82) is 0 Å². The second kappa shape index (κ2) is 17.3. The number of hydrogen-bond acceptors (Lipinski definition) is 2. The van der Waals surface area contributed by atoms with Gasteiger partial charge in [-0.1, -0.05) is 150 Å². The van der Waals surface area contributed by atoms with Crippen molar-refractivity contribution < 1.29 is 0 Å². The van der Waals surface area contributed by atoms with Crippen molar-refractivity contribution >= 4 is 28.2 Å². The van der Waals surface area contributed by atoms with Crippen LogP contribution in [0.5, 0.6) is 0 Å². The average molecular weight is 791 g/mol. The molecule has 3 aromatic carbocycles. The fourth-order valence-electron chi connectivity index (χ4n) is 9.54. The standard InChI is InChI=1S/C58H66N2/c1-41-35-47(39-55(37-41)59(53-31-23-49(24-32-53)57(3,4)5)51-27-19-45(20-28-51)43-15-11-9-12-16-43)48-36-42(2)38-56(40-48)60(54-33-25-50(26-34-54)58(6,7)8)52-29-21-46(22-30-52)44-17-13-10-14-18-44/h9,11,13,15,17-21,23-25,27-38,40,46,50,55H,10,12,14,16,22,26,39H2,1-8H3. The second-order valence-corrected chi connectivity index (χ2v) is 19.8. The quantitative estimate of drug-likeness (QED) is 0.213. The second-order valence-electron chi connectivity index (χ2n) is 19.8. The fourth-order valence-corrected chi connectivity index (χ4v) is 9.54. The van der Waals surface area contributed by atoms with E-state index < -0.39 is 0 Å². The molecule has 0 aromatic heterocycles. The zero-order valence-corrected chi connectivity index (χ0v) is 37.5. The molecule has 3 aromatic rings. The minimum Gasteiger partial charge on any atom is -0.334 e. The number of benzene rings is 3. The highest BCUT2D eigenvalue weighted by Crippen LogP contribution is 2.42. The zero-order valence-electron chi connectivity index (χ0n) is 37.5. The maximum Gasteiger partial charge on any atom is 0.0568 e. The Bertz CT molecular complexity index is 2380. The first-order valence-electron chi connectivity index (χ1n) is 22.6. The molecule has 0 fully saturated rings. The molecular formula is C58H66N2. The summed E-state index contributed by atoms with van der Waals surface area (Å²) in [5, 5.41) is 0. The molecule has 0 amide bonds. The first-order valence-corrected chi connectivity index (χ1v) is 22.6. The molecule has 0 saturated heterocycles. The Morgan fingerprint density at radius 1 is 0.633 bits per heavy atom. The van der Waals surface area contributed by atoms with Gasteiger partial charge in [0.15, 0.2) is 0 Å². The number of hydrogen-bond donors (Lipinski definition) is 0. The van der Waals surface area contributed by atoms with E-state index in [1.165, 1.54) is 73.0 Å². The Morgan fingerprint density at radius 3 is 1.95 bits per heavy atom. The molecule has 0 bridgehead atoms. The first-order chi connectivity index (χ1) is 28.8. The molecule has 308 valence electrons. The number of rotatable bonds is 9. The highest BCUT2D eigenvalue weighted by Gasteiger charge is 2.28. The lowest BCUT2D eigenvalue weighted by Gasteiger charge is -2.36. The highest BCUT2D eigenvalue weighted by molar-refractivity contribution is 5.79. The van der Waals surface area contributed by atoms with E-state index >= 15 is 0 Å². The zero-order chi connectivity index (χ0) is 42.0. The highest BCUT2D eigenvalue weighted by atomic mass is 15.2. The lowest BCUT2D eigenvalue weighted by molar-refractivity contribution is 0.293. The summed E-state index contributed by atoms with van der Waals surface area (Å²) in [6.07, 6.45) is 40.8. The Kier molecular flexibility index (Phi) is 12.0. The minimum absolute atomic E-state index is 0.0917. The summed E-state index contributed by atoms with van der Waals surface area (Å²) >= 11 is 0. The van der Waals surface area contributed by atoms with Gasteiger partial charge < -0.3 is 9.80 Å². The van der Waals surface area contributed by atoms with Crippen LogP contribution in [0.2, 0.25) is 0 Å². The van der Waals surface area contributed by atoms with E-state index in [0.717, 1.165) is 44.9 Å². The van der Waals surface area contributed by atoms with Crippen LogP contribution in [0.25, 0.3) is 11.1 Å². The molecule has 5 aliphatic carbocycles. The number of anilines is 3. The largest absolute Gasteiger partial charge is 0.334 e. The summed E-state index contributed by atoms with van der Waals surface area (Å²) in [6, 6.07) is 26.0. The summed E-state index contributed by atoms with van der Waals surface area (Å²) in [5.74, 6) is 0.955. The van der Waals surface area contributed by atoms with Crippen molar-refractivity contribution in [3.63, 3.8) is 0 Å². The molecule has 3 atom stereocenters. The number of allylic oxidation sites excluding steroid dienone is 16. The molecule has 2 nitrogen and oxygen atoms in total. The molecule has 5 aliphatic rings. The summed E-state index contributed by atoms with van der Waals surface area (Å²) in [5.41, 5.74) is 17.3. The molecule has 8 rings (SSSR count). The van der Waals surface area contributed by atoms with Gasteiger partial charge in [0.05, 0.1) is 6.04 Å². The number of aryl methyl sites for hydroxylation is 1. The van der Waals surface area contributed by atoms with Gasteiger partial charge in [0.25, 0.3) is 0 Å². The van der Waals surface area contributed by atoms with Gasteiger partial charge in [-0.2, -0.15) is 0 Å². The third-order valence-electron chi connectivity index (χ3n) is 13.1. The van der Waals surface area contributed by atoms with Gasteiger partial charge in [0, 0.05) is 34.4 Å². The first kappa shape index (κ1) is 41.4. The smallest absolute Gasteiger partial charge is 0.0568 e. The predicted molar refractivity (Wildman–Crippen MR) is 260 cm³/mol. The van der Waals surface area contributed by atoms with Gasteiger partial charge in [0.1, 0.15) is 0 Å². The molecule has 0 aliphatic heterocycles. The van der Waals surface area contributed by atoms with Gasteiger partial charge in [-0.25, -0.2) is 0 Å². The molecule has 0 saturated carbocycles. The van der Waals surface area contributed by atoms with Crippen LogP contribution in [0.1, 0.15) is 116 Å². The van der Waals surface area contributed by atoms with E-state index in [4.69, 9.17) is 0 Å². The predicted octanol–water partition coefficient (Wildman–Crippen LogP) is 16.0. The van der Waals surface area contributed by atoms with Gasteiger partial charge in [0.2, 0.25) is 0 Å². The van der Waals surface area contributed by atoms with E-state index in [2.05, 4.69) is 217 Å². The lowest BCUT2D eigenvalue weighted by atomic mass is 9.77. The van der Waals surface area contributed by atoms with Gasteiger partial charge in [-0.15, -0.1) is 0 Å².